The van der Waals surface area contributed by atoms with Crippen LogP contribution in [0.15, 0.2) is 30.6 Å². The van der Waals surface area contributed by atoms with E-state index in [1.54, 1.807) is 24.4 Å². The number of amides is 1. The average Bonchev–Trinajstić information content (AvgIpc) is 3.32. The first-order valence-electron chi connectivity index (χ1n) is 8.98. The van der Waals surface area contributed by atoms with Crippen LogP contribution in [0.2, 0.25) is 0 Å². The molecule has 0 saturated carbocycles. The van der Waals surface area contributed by atoms with E-state index in [1.807, 2.05) is 22.7 Å². The second-order valence-corrected chi connectivity index (χ2v) is 7.47. The first-order valence-corrected chi connectivity index (χ1v) is 8.98. The first kappa shape index (κ1) is 15.7. The third-order valence-corrected chi connectivity index (χ3v) is 5.86. The van der Waals surface area contributed by atoms with Crippen LogP contribution in [0, 0.1) is 0 Å². The van der Waals surface area contributed by atoms with Crippen molar-refractivity contribution < 1.29 is 19.4 Å². The van der Waals surface area contributed by atoms with Gasteiger partial charge in [0.15, 0.2) is 11.5 Å². The minimum atomic E-state index is -0.976. The summed E-state index contributed by atoms with van der Waals surface area (Å²) in [6, 6.07) is 5.37. The number of nitrogens with zero attached hydrogens (tertiary/aromatic N) is 3. The number of aryl methyl sites for hydroxylation is 1. The van der Waals surface area contributed by atoms with Gasteiger partial charge in [0, 0.05) is 49.9 Å². The van der Waals surface area contributed by atoms with Gasteiger partial charge >= 0.3 is 0 Å². The van der Waals surface area contributed by atoms with Crippen molar-refractivity contribution in [2.75, 3.05) is 6.79 Å². The lowest BCUT2D eigenvalue weighted by Crippen LogP contribution is -2.52. The molecule has 1 amide bonds. The SMILES string of the molecule is Cn1ccnc1C1(O)C[C@H]2CC[C@H](C1)N2C(=O)c1ccc2c(c1)OCO2. The number of fused-ring (bicyclic) bond motifs is 3. The van der Waals surface area contributed by atoms with Crippen LogP contribution in [0.1, 0.15) is 41.9 Å². The van der Waals surface area contributed by atoms with Crippen LogP contribution in [0.25, 0.3) is 0 Å². The number of imidazole rings is 1. The van der Waals surface area contributed by atoms with Crippen molar-refractivity contribution in [3.05, 3.63) is 42.0 Å². The van der Waals surface area contributed by atoms with E-state index in [0.29, 0.717) is 35.7 Å². The molecule has 2 fully saturated rings. The number of carbonyl (C=O) groups is 1. The summed E-state index contributed by atoms with van der Waals surface area (Å²) in [5, 5.41) is 11.2. The number of benzene rings is 1. The van der Waals surface area contributed by atoms with Crippen LogP contribution in [0.5, 0.6) is 11.5 Å². The molecule has 4 heterocycles. The molecule has 1 aromatic heterocycles. The summed E-state index contributed by atoms with van der Waals surface area (Å²) in [5.41, 5.74) is -0.371. The number of hydrogen-bond acceptors (Lipinski definition) is 5. The van der Waals surface area contributed by atoms with Gasteiger partial charge in [-0.3, -0.25) is 4.79 Å². The Kier molecular flexibility index (Phi) is 3.31. The largest absolute Gasteiger partial charge is 0.454 e. The molecule has 7 heteroatoms. The van der Waals surface area contributed by atoms with Crippen molar-refractivity contribution in [2.45, 2.75) is 43.4 Å². The molecule has 0 aliphatic carbocycles. The van der Waals surface area contributed by atoms with Crippen molar-refractivity contribution in [3.8, 4) is 11.5 Å². The van der Waals surface area contributed by atoms with Crippen molar-refractivity contribution in [2.24, 2.45) is 7.05 Å². The van der Waals surface area contributed by atoms with Crippen molar-refractivity contribution in [3.63, 3.8) is 0 Å². The Labute approximate surface area is 151 Å². The maximum absolute atomic E-state index is 13.2. The third-order valence-electron chi connectivity index (χ3n) is 5.86. The first-order chi connectivity index (χ1) is 12.5. The second kappa shape index (κ2) is 5.48. The number of aromatic nitrogens is 2. The fourth-order valence-electron chi connectivity index (χ4n) is 4.73. The van der Waals surface area contributed by atoms with Gasteiger partial charge in [-0.15, -0.1) is 0 Å². The smallest absolute Gasteiger partial charge is 0.254 e. The molecular formula is C19H21N3O4. The summed E-state index contributed by atoms with van der Waals surface area (Å²) in [5.74, 6) is 1.97. The Balaban J connectivity index is 1.42. The molecule has 0 radical (unpaired) electrons. The number of hydrogen-bond donors (Lipinski definition) is 1. The van der Waals surface area contributed by atoms with Gasteiger partial charge in [-0.2, -0.15) is 0 Å². The van der Waals surface area contributed by atoms with E-state index >= 15 is 0 Å². The van der Waals surface area contributed by atoms with Crippen molar-refractivity contribution in [1.82, 2.24) is 14.5 Å². The fraction of sp³-hybridized carbons (Fsp3) is 0.474. The topological polar surface area (TPSA) is 76.8 Å². The minimum absolute atomic E-state index is 0.00214. The Morgan fingerprint density at radius 2 is 1.96 bits per heavy atom. The molecule has 26 heavy (non-hydrogen) atoms. The highest BCUT2D eigenvalue weighted by atomic mass is 16.7. The molecule has 2 bridgehead atoms. The molecule has 2 saturated heterocycles. The lowest BCUT2D eigenvalue weighted by Gasteiger charge is -2.43. The highest BCUT2D eigenvalue weighted by molar-refractivity contribution is 5.95. The predicted molar refractivity (Wildman–Crippen MR) is 91.9 cm³/mol. The molecule has 5 rings (SSSR count). The van der Waals surface area contributed by atoms with Crippen LogP contribution in [0.4, 0.5) is 0 Å². The zero-order valence-corrected chi connectivity index (χ0v) is 14.6. The van der Waals surface area contributed by atoms with E-state index in [9.17, 15) is 9.90 Å². The van der Waals surface area contributed by atoms with Crippen LogP contribution >= 0.6 is 0 Å². The Bertz CT molecular complexity index is 863. The normalized spacial score (nSPS) is 29.2. The standard InChI is InChI=1S/C19H21N3O4/c1-21-7-6-20-18(21)19(24)9-13-3-4-14(10-19)22(13)17(23)12-2-5-15-16(8-12)26-11-25-15/h2,5-8,13-14,24H,3-4,9-11H2,1H3/t13-,14-/m1/s1. The number of piperidine rings is 1. The summed E-state index contributed by atoms with van der Waals surface area (Å²) in [6.45, 7) is 0.193. The zero-order chi connectivity index (χ0) is 17.9. The molecule has 0 spiro atoms. The second-order valence-electron chi connectivity index (χ2n) is 7.47. The number of rotatable bonds is 2. The molecule has 0 unspecified atom stereocenters. The quantitative estimate of drug-likeness (QED) is 0.889. The monoisotopic (exact) mass is 355 g/mol. The fourth-order valence-corrected chi connectivity index (χ4v) is 4.73. The molecule has 1 aromatic carbocycles. The van der Waals surface area contributed by atoms with E-state index in [1.165, 1.54) is 0 Å². The van der Waals surface area contributed by atoms with Gasteiger partial charge in [0.1, 0.15) is 11.4 Å². The molecule has 3 aliphatic heterocycles. The summed E-state index contributed by atoms with van der Waals surface area (Å²) in [4.78, 5) is 19.5. The number of ether oxygens (including phenoxy) is 2. The third kappa shape index (κ3) is 2.23. The molecule has 2 aromatic rings. The molecule has 7 nitrogen and oxygen atoms in total. The molecule has 3 aliphatic rings. The van der Waals surface area contributed by atoms with Crippen molar-refractivity contribution in [1.29, 1.82) is 0 Å². The molecule has 2 atom stereocenters. The Morgan fingerprint density at radius 3 is 2.65 bits per heavy atom. The summed E-state index contributed by atoms with van der Waals surface area (Å²) < 4.78 is 12.6. The summed E-state index contributed by atoms with van der Waals surface area (Å²) in [7, 11) is 1.90. The van der Waals surface area contributed by atoms with Gasteiger partial charge < -0.3 is 24.0 Å². The lowest BCUT2D eigenvalue weighted by molar-refractivity contribution is -0.0555. The Hall–Kier alpha value is -2.54. The zero-order valence-electron chi connectivity index (χ0n) is 14.6. The Morgan fingerprint density at radius 1 is 1.23 bits per heavy atom. The molecule has 1 N–H and O–H groups in total. The van der Waals surface area contributed by atoms with E-state index in [0.717, 1.165) is 12.8 Å². The van der Waals surface area contributed by atoms with E-state index in [2.05, 4.69) is 4.98 Å². The average molecular weight is 355 g/mol. The maximum Gasteiger partial charge on any atom is 0.254 e. The van der Waals surface area contributed by atoms with Crippen LogP contribution in [-0.2, 0) is 12.6 Å². The van der Waals surface area contributed by atoms with Crippen LogP contribution < -0.4 is 9.47 Å². The van der Waals surface area contributed by atoms with Crippen LogP contribution in [0.3, 0.4) is 0 Å². The van der Waals surface area contributed by atoms with Gasteiger partial charge in [-0.05, 0) is 31.0 Å². The molecular weight excluding hydrogens is 334 g/mol. The summed E-state index contributed by atoms with van der Waals surface area (Å²) >= 11 is 0. The van der Waals surface area contributed by atoms with E-state index < -0.39 is 5.60 Å². The van der Waals surface area contributed by atoms with Gasteiger partial charge in [-0.25, -0.2) is 4.98 Å². The van der Waals surface area contributed by atoms with Gasteiger partial charge in [0.25, 0.3) is 5.91 Å². The molecule has 136 valence electrons. The highest BCUT2D eigenvalue weighted by Gasteiger charge is 2.51. The van der Waals surface area contributed by atoms with E-state index in [-0.39, 0.29) is 24.8 Å². The van der Waals surface area contributed by atoms with Crippen molar-refractivity contribution >= 4 is 5.91 Å². The van der Waals surface area contributed by atoms with Gasteiger partial charge in [0.05, 0.1) is 0 Å². The summed E-state index contributed by atoms with van der Waals surface area (Å²) in [6.07, 6.45) is 6.41. The predicted octanol–water partition coefficient (Wildman–Crippen LogP) is 1.80. The number of aliphatic hydroxyl groups is 1. The highest BCUT2D eigenvalue weighted by Crippen LogP contribution is 2.46. The van der Waals surface area contributed by atoms with E-state index in [4.69, 9.17) is 9.47 Å². The van der Waals surface area contributed by atoms with Gasteiger partial charge in [0.2, 0.25) is 6.79 Å². The maximum atomic E-state index is 13.2. The number of carbonyl (C=O) groups excluding carboxylic acids is 1. The van der Waals surface area contributed by atoms with Crippen LogP contribution in [-0.4, -0.2) is 44.3 Å². The minimum Gasteiger partial charge on any atom is -0.454 e. The van der Waals surface area contributed by atoms with Gasteiger partial charge in [-0.1, -0.05) is 0 Å². The lowest BCUT2D eigenvalue weighted by atomic mass is 9.85.